The maximum Gasteiger partial charge on any atom is 0.0399 e. The fourth-order valence-corrected chi connectivity index (χ4v) is 2.91. The molecule has 1 aliphatic heterocycles. The molecule has 104 valence electrons. The van der Waals surface area contributed by atoms with Gasteiger partial charge in [-0.2, -0.15) is 0 Å². The van der Waals surface area contributed by atoms with Crippen molar-refractivity contribution in [2.75, 3.05) is 18.0 Å². The molecule has 0 spiro atoms. The van der Waals surface area contributed by atoms with Gasteiger partial charge in [0, 0.05) is 24.8 Å². The van der Waals surface area contributed by atoms with Crippen LogP contribution in [0.25, 0.3) is 0 Å². The van der Waals surface area contributed by atoms with Crippen LogP contribution >= 0.6 is 0 Å². The van der Waals surface area contributed by atoms with Crippen molar-refractivity contribution in [1.82, 2.24) is 0 Å². The number of hydrogen-bond donors (Lipinski definition) is 1. The SMILES string of the molecule is Cc1ccc(C(N)CCN2CCc3ccccc32)cc1. The Bertz CT molecular complexity index is 574. The maximum absolute atomic E-state index is 6.32. The molecule has 1 heterocycles. The third-order valence-electron chi connectivity index (χ3n) is 4.20. The van der Waals surface area contributed by atoms with E-state index in [1.165, 1.54) is 22.4 Å². The minimum absolute atomic E-state index is 0.128. The average molecular weight is 266 g/mol. The van der Waals surface area contributed by atoms with Gasteiger partial charge in [0.25, 0.3) is 0 Å². The first kappa shape index (κ1) is 13.2. The minimum atomic E-state index is 0.128. The van der Waals surface area contributed by atoms with Crippen LogP contribution < -0.4 is 10.6 Å². The van der Waals surface area contributed by atoms with Crippen LogP contribution in [0.3, 0.4) is 0 Å². The van der Waals surface area contributed by atoms with E-state index in [-0.39, 0.29) is 6.04 Å². The van der Waals surface area contributed by atoms with E-state index in [4.69, 9.17) is 5.73 Å². The number of nitrogens with two attached hydrogens (primary N) is 1. The summed E-state index contributed by atoms with van der Waals surface area (Å²) in [6, 6.07) is 17.4. The van der Waals surface area contributed by atoms with E-state index < -0.39 is 0 Å². The van der Waals surface area contributed by atoms with Crippen molar-refractivity contribution in [2.24, 2.45) is 5.73 Å². The highest BCUT2D eigenvalue weighted by Gasteiger charge is 2.18. The van der Waals surface area contributed by atoms with Gasteiger partial charge in [0.05, 0.1) is 0 Å². The molecule has 0 aliphatic carbocycles. The Kier molecular flexibility index (Phi) is 3.75. The molecule has 1 atom stereocenters. The highest BCUT2D eigenvalue weighted by molar-refractivity contribution is 5.57. The van der Waals surface area contributed by atoms with Crippen molar-refractivity contribution in [2.45, 2.75) is 25.8 Å². The van der Waals surface area contributed by atoms with E-state index >= 15 is 0 Å². The van der Waals surface area contributed by atoms with Crippen molar-refractivity contribution in [1.29, 1.82) is 0 Å². The fourth-order valence-electron chi connectivity index (χ4n) is 2.91. The highest BCUT2D eigenvalue weighted by atomic mass is 15.1. The molecule has 0 bridgehead atoms. The number of benzene rings is 2. The van der Waals surface area contributed by atoms with Gasteiger partial charge in [-0.3, -0.25) is 0 Å². The average Bonchev–Trinajstić information content (AvgIpc) is 2.89. The van der Waals surface area contributed by atoms with Crippen LogP contribution in [-0.4, -0.2) is 13.1 Å². The summed E-state index contributed by atoms with van der Waals surface area (Å²) in [6.45, 7) is 4.27. The Labute approximate surface area is 121 Å². The predicted octanol–water partition coefficient (Wildman–Crippen LogP) is 3.45. The van der Waals surface area contributed by atoms with Gasteiger partial charge in [0.2, 0.25) is 0 Å². The molecule has 0 saturated carbocycles. The number of hydrogen-bond acceptors (Lipinski definition) is 2. The van der Waals surface area contributed by atoms with Crippen LogP contribution in [0.1, 0.15) is 29.2 Å². The molecule has 1 unspecified atom stereocenters. The summed E-state index contributed by atoms with van der Waals surface area (Å²) >= 11 is 0. The largest absolute Gasteiger partial charge is 0.371 e. The quantitative estimate of drug-likeness (QED) is 0.918. The van der Waals surface area contributed by atoms with Crippen molar-refractivity contribution in [3.63, 3.8) is 0 Å². The molecule has 2 aromatic carbocycles. The Balaban J connectivity index is 1.62. The minimum Gasteiger partial charge on any atom is -0.371 e. The monoisotopic (exact) mass is 266 g/mol. The molecule has 0 fully saturated rings. The van der Waals surface area contributed by atoms with Crippen LogP contribution in [0.4, 0.5) is 5.69 Å². The maximum atomic E-state index is 6.32. The molecule has 0 amide bonds. The first-order valence-corrected chi connectivity index (χ1v) is 7.39. The van der Waals surface area contributed by atoms with Crippen molar-refractivity contribution in [3.05, 3.63) is 65.2 Å². The van der Waals surface area contributed by atoms with Crippen LogP contribution in [0, 0.1) is 6.92 Å². The van der Waals surface area contributed by atoms with Gasteiger partial charge in [-0.1, -0.05) is 48.0 Å². The molecular formula is C18H22N2. The van der Waals surface area contributed by atoms with Gasteiger partial charge in [0.1, 0.15) is 0 Å². The second kappa shape index (κ2) is 5.68. The molecule has 2 aromatic rings. The number of nitrogens with zero attached hydrogens (tertiary/aromatic N) is 1. The van der Waals surface area contributed by atoms with E-state index in [1.54, 1.807) is 0 Å². The lowest BCUT2D eigenvalue weighted by Crippen LogP contribution is -2.25. The Hall–Kier alpha value is -1.80. The van der Waals surface area contributed by atoms with Crippen LogP contribution in [0.15, 0.2) is 48.5 Å². The molecule has 0 saturated heterocycles. The summed E-state index contributed by atoms with van der Waals surface area (Å²) in [5.41, 5.74) is 11.7. The van der Waals surface area contributed by atoms with Gasteiger partial charge >= 0.3 is 0 Å². The molecular weight excluding hydrogens is 244 g/mol. The molecule has 20 heavy (non-hydrogen) atoms. The lowest BCUT2D eigenvalue weighted by molar-refractivity contribution is 0.634. The zero-order valence-electron chi connectivity index (χ0n) is 12.0. The summed E-state index contributed by atoms with van der Waals surface area (Å²) < 4.78 is 0. The number of para-hydroxylation sites is 1. The fraction of sp³-hybridized carbons (Fsp3) is 0.333. The first-order chi connectivity index (χ1) is 9.74. The second-order valence-corrected chi connectivity index (χ2v) is 5.67. The second-order valence-electron chi connectivity index (χ2n) is 5.67. The Morgan fingerprint density at radius 3 is 2.65 bits per heavy atom. The van der Waals surface area contributed by atoms with Crippen molar-refractivity contribution < 1.29 is 0 Å². The number of aryl methyl sites for hydroxylation is 1. The summed E-state index contributed by atoms with van der Waals surface area (Å²) in [5, 5.41) is 0. The van der Waals surface area contributed by atoms with Gasteiger partial charge in [-0.05, 0) is 37.0 Å². The van der Waals surface area contributed by atoms with Gasteiger partial charge in [-0.15, -0.1) is 0 Å². The van der Waals surface area contributed by atoms with E-state index in [0.29, 0.717) is 0 Å². The lowest BCUT2D eigenvalue weighted by Gasteiger charge is -2.22. The molecule has 0 radical (unpaired) electrons. The Morgan fingerprint density at radius 2 is 1.85 bits per heavy atom. The molecule has 2 nitrogen and oxygen atoms in total. The third kappa shape index (κ3) is 2.70. The first-order valence-electron chi connectivity index (χ1n) is 7.39. The van der Waals surface area contributed by atoms with Gasteiger partial charge < -0.3 is 10.6 Å². The smallest absolute Gasteiger partial charge is 0.0399 e. The highest BCUT2D eigenvalue weighted by Crippen LogP contribution is 2.28. The lowest BCUT2D eigenvalue weighted by atomic mass is 10.0. The molecule has 2 heteroatoms. The van der Waals surface area contributed by atoms with Crippen LogP contribution in [0.5, 0.6) is 0 Å². The van der Waals surface area contributed by atoms with E-state index in [1.807, 2.05) is 0 Å². The summed E-state index contributed by atoms with van der Waals surface area (Å²) in [4.78, 5) is 2.46. The summed E-state index contributed by atoms with van der Waals surface area (Å²) in [5.74, 6) is 0. The standard InChI is InChI=1S/C18H22N2/c1-14-6-8-15(9-7-14)17(19)11-13-20-12-10-16-4-2-3-5-18(16)20/h2-9,17H,10-13,19H2,1H3. The predicted molar refractivity (Wildman–Crippen MR) is 85.1 cm³/mol. The summed E-state index contributed by atoms with van der Waals surface area (Å²) in [7, 11) is 0. The topological polar surface area (TPSA) is 29.3 Å². The van der Waals surface area contributed by atoms with E-state index in [2.05, 4.69) is 60.4 Å². The molecule has 3 rings (SSSR count). The molecule has 0 aromatic heterocycles. The summed E-state index contributed by atoms with van der Waals surface area (Å²) in [6.07, 6.45) is 2.16. The molecule has 2 N–H and O–H groups in total. The number of fused-ring (bicyclic) bond motifs is 1. The van der Waals surface area contributed by atoms with E-state index in [9.17, 15) is 0 Å². The Morgan fingerprint density at radius 1 is 1.10 bits per heavy atom. The van der Waals surface area contributed by atoms with Gasteiger partial charge in [-0.25, -0.2) is 0 Å². The zero-order valence-corrected chi connectivity index (χ0v) is 12.0. The van der Waals surface area contributed by atoms with Crippen molar-refractivity contribution >= 4 is 5.69 Å². The van der Waals surface area contributed by atoms with E-state index in [0.717, 1.165) is 25.9 Å². The van der Waals surface area contributed by atoms with Crippen molar-refractivity contribution in [3.8, 4) is 0 Å². The van der Waals surface area contributed by atoms with Crippen LogP contribution in [0.2, 0.25) is 0 Å². The number of anilines is 1. The normalized spacial score (nSPS) is 15.2. The van der Waals surface area contributed by atoms with Crippen LogP contribution in [-0.2, 0) is 6.42 Å². The zero-order chi connectivity index (χ0) is 13.9. The van der Waals surface area contributed by atoms with Gasteiger partial charge in [0.15, 0.2) is 0 Å². The third-order valence-corrected chi connectivity index (χ3v) is 4.20. The number of rotatable bonds is 4. The molecule has 1 aliphatic rings.